The lowest BCUT2D eigenvalue weighted by atomic mass is 9.82. The number of fused-ring (bicyclic) bond motifs is 6. The standard InChI is InChI=1S/C38H34N2O5/c1-4-9-31(35(41)24-11-6-5-7-12-24)45-38(44)29-20-30(39-34-21(2)10-8-13-27(29)34)23-14-16-26(17-15-23)40-36(42)32-25-18-22(3)28(19-25)33(32)37(40)43/h5-8,10-18,20,25,28,31-33H,4,9,19H2,1-3H3. The quantitative estimate of drug-likeness (QED) is 0.0928. The SMILES string of the molecule is CCCC(OC(=O)c1cc(-c2ccc(N3C(=O)C4C5C=C(C)C(C5)C4C3=O)cc2)nc2c(C)cccc12)C(=O)c1ccccc1. The van der Waals surface area contributed by atoms with Gasteiger partial charge in [0.05, 0.1) is 34.3 Å². The first kappa shape index (κ1) is 28.8. The largest absolute Gasteiger partial charge is 0.450 e. The van der Waals surface area contributed by atoms with Crippen molar-refractivity contribution in [3.63, 3.8) is 0 Å². The molecule has 5 unspecified atom stereocenters. The Labute approximate surface area is 261 Å². The number of carbonyl (C=O) groups excluding carboxylic acids is 4. The maximum absolute atomic E-state index is 13.8. The van der Waals surface area contributed by atoms with Crippen LogP contribution in [0.25, 0.3) is 22.2 Å². The van der Waals surface area contributed by atoms with Crippen LogP contribution in [0, 0.1) is 30.6 Å². The van der Waals surface area contributed by atoms with Gasteiger partial charge in [-0.2, -0.15) is 0 Å². The summed E-state index contributed by atoms with van der Waals surface area (Å²) in [6.45, 7) is 5.94. The van der Waals surface area contributed by atoms with Crippen molar-refractivity contribution in [3.8, 4) is 11.3 Å². The zero-order valence-corrected chi connectivity index (χ0v) is 25.5. The van der Waals surface area contributed by atoms with Crippen molar-refractivity contribution in [2.45, 2.75) is 46.1 Å². The Bertz CT molecular complexity index is 1900. The Hall–Kier alpha value is -4.91. The van der Waals surface area contributed by atoms with Crippen LogP contribution in [0.1, 0.15) is 59.4 Å². The summed E-state index contributed by atoms with van der Waals surface area (Å²) in [5, 5.41) is 0.640. The number of hydrogen-bond acceptors (Lipinski definition) is 6. The van der Waals surface area contributed by atoms with E-state index in [-0.39, 0.29) is 41.3 Å². The molecular weight excluding hydrogens is 564 g/mol. The third kappa shape index (κ3) is 4.78. The highest BCUT2D eigenvalue weighted by atomic mass is 16.5. The van der Waals surface area contributed by atoms with Crippen LogP contribution in [0.3, 0.4) is 0 Å². The molecule has 1 aliphatic heterocycles. The van der Waals surface area contributed by atoms with Gasteiger partial charge >= 0.3 is 5.97 Å². The van der Waals surface area contributed by atoms with Crippen LogP contribution in [-0.2, 0) is 14.3 Å². The number of ketones is 1. The number of benzene rings is 3. The molecule has 7 heteroatoms. The fourth-order valence-corrected chi connectivity index (χ4v) is 7.51. The molecule has 2 aliphatic carbocycles. The van der Waals surface area contributed by atoms with Crippen molar-refractivity contribution in [1.29, 1.82) is 0 Å². The highest BCUT2D eigenvalue weighted by molar-refractivity contribution is 6.23. The summed E-state index contributed by atoms with van der Waals surface area (Å²) in [5.74, 6) is -1.30. The second kappa shape index (κ2) is 11.2. The molecule has 2 fully saturated rings. The number of aromatic nitrogens is 1. The Balaban J connectivity index is 1.20. The number of amides is 2. The number of ether oxygens (including phenoxy) is 1. The van der Waals surface area contributed by atoms with E-state index in [0.717, 1.165) is 17.5 Å². The van der Waals surface area contributed by atoms with E-state index in [2.05, 4.69) is 13.0 Å². The summed E-state index contributed by atoms with van der Waals surface area (Å²) in [5.41, 5.74) is 5.40. The van der Waals surface area contributed by atoms with Gasteiger partial charge in [-0.15, -0.1) is 0 Å². The number of allylic oxidation sites excluding steroid dienone is 2. The zero-order valence-electron chi connectivity index (χ0n) is 25.5. The minimum absolute atomic E-state index is 0.117. The Morgan fingerprint density at radius 1 is 0.933 bits per heavy atom. The van der Waals surface area contributed by atoms with E-state index in [1.807, 2.05) is 50.2 Å². The van der Waals surface area contributed by atoms with Crippen molar-refractivity contribution < 1.29 is 23.9 Å². The van der Waals surface area contributed by atoms with Crippen molar-refractivity contribution in [1.82, 2.24) is 4.98 Å². The number of anilines is 1. The molecule has 2 heterocycles. The number of nitrogens with zero attached hydrogens (tertiary/aromatic N) is 2. The van der Waals surface area contributed by atoms with Gasteiger partial charge < -0.3 is 4.74 Å². The summed E-state index contributed by atoms with van der Waals surface area (Å²) in [6, 6.07) is 23.4. The number of aryl methyl sites for hydroxylation is 1. The lowest BCUT2D eigenvalue weighted by Gasteiger charge is -2.19. The fraction of sp³-hybridized carbons (Fsp3) is 0.289. The molecule has 2 amide bonds. The van der Waals surface area contributed by atoms with Crippen molar-refractivity contribution in [2.75, 3.05) is 4.90 Å². The van der Waals surface area contributed by atoms with Crippen LogP contribution in [0.4, 0.5) is 5.69 Å². The molecule has 1 saturated heterocycles. The molecular formula is C38H34N2O5. The first-order valence-corrected chi connectivity index (χ1v) is 15.6. The molecule has 1 aromatic heterocycles. The molecule has 2 bridgehead atoms. The highest BCUT2D eigenvalue weighted by Gasteiger charge is 2.60. The Morgan fingerprint density at radius 3 is 2.40 bits per heavy atom. The summed E-state index contributed by atoms with van der Waals surface area (Å²) >= 11 is 0. The molecule has 0 N–H and O–H groups in total. The van der Waals surface area contributed by atoms with Crippen LogP contribution < -0.4 is 4.90 Å². The highest BCUT2D eigenvalue weighted by Crippen LogP contribution is 2.56. The molecule has 226 valence electrons. The summed E-state index contributed by atoms with van der Waals surface area (Å²) in [6.07, 6.45) is 3.23. The minimum Gasteiger partial charge on any atom is -0.450 e. The summed E-state index contributed by atoms with van der Waals surface area (Å²) in [4.78, 5) is 60.1. The van der Waals surface area contributed by atoms with E-state index in [9.17, 15) is 19.2 Å². The van der Waals surface area contributed by atoms with Crippen LogP contribution >= 0.6 is 0 Å². The monoisotopic (exact) mass is 598 g/mol. The van der Waals surface area contributed by atoms with Crippen LogP contribution in [-0.4, -0.2) is 34.7 Å². The van der Waals surface area contributed by atoms with Gasteiger partial charge in [0.2, 0.25) is 17.6 Å². The molecule has 3 aliphatic rings. The van der Waals surface area contributed by atoms with E-state index >= 15 is 0 Å². The van der Waals surface area contributed by atoms with Crippen LogP contribution in [0.15, 0.2) is 90.5 Å². The van der Waals surface area contributed by atoms with Gasteiger partial charge in [-0.3, -0.25) is 19.3 Å². The minimum atomic E-state index is -0.912. The van der Waals surface area contributed by atoms with E-state index in [1.165, 1.54) is 10.5 Å². The fourth-order valence-electron chi connectivity index (χ4n) is 7.51. The molecule has 0 radical (unpaired) electrons. The Kier molecular flexibility index (Phi) is 7.19. The van der Waals surface area contributed by atoms with Gasteiger partial charge in [-0.05, 0) is 62.3 Å². The van der Waals surface area contributed by atoms with Crippen molar-refractivity contribution in [3.05, 3.63) is 107 Å². The predicted molar refractivity (Wildman–Crippen MR) is 172 cm³/mol. The molecule has 7 rings (SSSR count). The van der Waals surface area contributed by atoms with Gasteiger partial charge in [0.1, 0.15) is 0 Å². The molecule has 0 spiro atoms. The third-order valence-corrected chi connectivity index (χ3v) is 9.71. The topological polar surface area (TPSA) is 93.6 Å². The predicted octanol–water partition coefficient (Wildman–Crippen LogP) is 7.12. The molecule has 4 aromatic rings. The van der Waals surface area contributed by atoms with E-state index in [0.29, 0.717) is 46.3 Å². The number of rotatable bonds is 8. The number of imide groups is 1. The summed E-state index contributed by atoms with van der Waals surface area (Å²) in [7, 11) is 0. The first-order valence-electron chi connectivity index (χ1n) is 15.6. The molecule has 1 saturated carbocycles. The number of esters is 1. The number of hydrogen-bond donors (Lipinski definition) is 0. The van der Waals surface area contributed by atoms with Crippen LogP contribution in [0.2, 0.25) is 0 Å². The number of carbonyl (C=O) groups is 4. The average Bonchev–Trinajstić information content (AvgIpc) is 3.70. The smallest absolute Gasteiger partial charge is 0.339 e. The molecule has 45 heavy (non-hydrogen) atoms. The van der Waals surface area contributed by atoms with Gasteiger partial charge in [-0.25, -0.2) is 9.78 Å². The van der Waals surface area contributed by atoms with E-state index in [1.54, 1.807) is 42.5 Å². The normalized spacial score (nSPS) is 22.5. The van der Waals surface area contributed by atoms with Crippen molar-refractivity contribution >= 4 is 40.2 Å². The first-order chi connectivity index (χ1) is 21.8. The molecule has 7 nitrogen and oxygen atoms in total. The third-order valence-electron chi connectivity index (χ3n) is 9.71. The maximum Gasteiger partial charge on any atom is 0.339 e. The maximum atomic E-state index is 13.8. The lowest BCUT2D eigenvalue weighted by Crippen LogP contribution is -2.32. The Morgan fingerprint density at radius 2 is 1.67 bits per heavy atom. The van der Waals surface area contributed by atoms with E-state index < -0.39 is 12.1 Å². The second-order valence-electron chi connectivity index (χ2n) is 12.5. The van der Waals surface area contributed by atoms with Gasteiger partial charge in [0.25, 0.3) is 0 Å². The second-order valence-corrected chi connectivity index (χ2v) is 12.5. The number of Topliss-reactive ketones (excluding diaryl/α,β-unsaturated/α-hetero) is 1. The van der Waals surface area contributed by atoms with Crippen molar-refractivity contribution in [2.24, 2.45) is 23.7 Å². The van der Waals surface area contributed by atoms with E-state index in [4.69, 9.17) is 9.72 Å². The van der Waals surface area contributed by atoms with Gasteiger partial charge in [-0.1, -0.05) is 85.7 Å². The number of pyridine rings is 1. The van der Waals surface area contributed by atoms with Gasteiger partial charge in [0.15, 0.2) is 6.10 Å². The zero-order chi connectivity index (χ0) is 31.4. The number of para-hydroxylation sites is 1. The summed E-state index contributed by atoms with van der Waals surface area (Å²) < 4.78 is 5.91. The lowest BCUT2D eigenvalue weighted by molar-refractivity contribution is -0.123. The molecule has 3 aromatic carbocycles. The average molecular weight is 599 g/mol. The molecule has 5 atom stereocenters. The van der Waals surface area contributed by atoms with Gasteiger partial charge in [0, 0.05) is 16.5 Å². The van der Waals surface area contributed by atoms with Crippen LogP contribution in [0.5, 0.6) is 0 Å².